The van der Waals surface area contributed by atoms with E-state index >= 15 is 0 Å². The number of benzene rings is 1. The Morgan fingerprint density at radius 2 is 1.88 bits per heavy atom. The second-order valence-corrected chi connectivity index (χ2v) is 7.48. The normalized spacial score (nSPS) is 14.5. The molecule has 2 aromatic heterocycles. The summed E-state index contributed by atoms with van der Waals surface area (Å²) in [5, 5.41) is 2.03. The maximum atomic E-state index is 12.8. The number of hydrogen-bond acceptors (Lipinski definition) is 4. The lowest BCUT2D eigenvalue weighted by atomic mass is 10.1. The van der Waals surface area contributed by atoms with Crippen LogP contribution in [0.5, 0.6) is 0 Å². The number of aromatic nitrogens is 1. The van der Waals surface area contributed by atoms with Crippen molar-refractivity contribution in [3.63, 3.8) is 0 Å². The third-order valence-electron chi connectivity index (χ3n) is 4.72. The Balaban J connectivity index is 1.40. The van der Waals surface area contributed by atoms with Crippen molar-refractivity contribution in [2.24, 2.45) is 0 Å². The Hall–Kier alpha value is -2.66. The number of hydrogen-bond donors (Lipinski definition) is 0. The molecule has 0 N–H and O–H groups in total. The fourth-order valence-electron chi connectivity index (χ4n) is 3.27. The molecule has 4 nitrogen and oxygen atoms in total. The van der Waals surface area contributed by atoms with Gasteiger partial charge in [-0.15, -0.1) is 11.3 Å². The van der Waals surface area contributed by atoms with Gasteiger partial charge in [0.2, 0.25) is 0 Å². The minimum atomic E-state index is 0.0686. The maximum absolute atomic E-state index is 12.8. The van der Waals surface area contributed by atoms with Gasteiger partial charge in [-0.05, 0) is 48.2 Å². The lowest BCUT2D eigenvalue weighted by Gasteiger charge is -2.36. The predicted octanol–water partition coefficient (Wildman–Crippen LogP) is 4.08. The van der Waals surface area contributed by atoms with E-state index in [4.69, 9.17) is 0 Å². The van der Waals surface area contributed by atoms with Gasteiger partial charge in [-0.3, -0.25) is 9.78 Å². The summed E-state index contributed by atoms with van der Waals surface area (Å²) in [6.07, 6.45) is 1.70. The highest BCUT2D eigenvalue weighted by Crippen LogP contribution is 2.23. The molecule has 5 heteroatoms. The fourth-order valence-corrected chi connectivity index (χ4v) is 3.97. The summed E-state index contributed by atoms with van der Waals surface area (Å²) in [7, 11) is 0. The molecule has 0 bridgehead atoms. The van der Waals surface area contributed by atoms with Crippen LogP contribution in [0.3, 0.4) is 0 Å². The van der Waals surface area contributed by atoms with E-state index in [1.54, 1.807) is 17.5 Å². The smallest absolute Gasteiger partial charge is 0.255 e. The zero-order chi connectivity index (χ0) is 17.9. The number of carbonyl (C=O) groups is 1. The average molecular weight is 363 g/mol. The third-order valence-corrected chi connectivity index (χ3v) is 5.61. The Kier molecular flexibility index (Phi) is 4.71. The zero-order valence-electron chi connectivity index (χ0n) is 14.8. The monoisotopic (exact) mass is 363 g/mol. The Morgan fingerprint density at radius 1 is 1.04 bits per heavy atom. The molecule has 0 spiro atoms. The van der Waals surface area contributed by atoms with Crippen molar-refractivity contribution < 1.29 is 4.79 Å². The van der Waals surface area contributed by atoms with Crippen molar-refractivity contribution in [2.45, 2.75) is 6.92 Å². The van der Waals surface area contributed by atoms with Crippen LogP contribution >= 0.6 is 11.3 Å². The van der Waals surface area contributed by atoms with Crippen LogP contribution in [-0.2, 0) is 0 Å². The molecule has 1 aliphatic heterocycles. The first-order valence-corrected chi connectivity index (χ1v) is 9.69. The molecule has 0 atom stereocenters. The van der Waals surface area contributed by atoms with Crippen LogP contribution in [0.1, 0.15) is 15.9 Å². The van der Waals surface area contributed by atoms with E-state index in [0.717, 1.165) is 36.8 Å². The molecule has 4 rings (SSSR count). The Morgan fingerprint density at radius 3 is 2.54 bits per heavy atom. The molecule has 0 aliphatic carbocycles. The molecule has 132 valence electrons. The van der Waals surface area contributed by atoms with E-state index in [2.05, 4.69) is 41.1 Å². The van der Waals surface area contributed by atoms with Gasteiger partial charge < -0.3 is 9.80 Å². The van der Waals surface area contributed by atoms with E-state index in [1.807, 2.05) is 34.5 Å². The van der Waals surface area contributed by atoms with E-state index in [-0.39, 0.29) is 5.91 Å². The zero-order valence-corrected chi connectivity index (χ0v) is 15.6. The number of nitrogens with zero attached hydrogens (tertiary/aromatic N) is 3. The number of amides is 1. The van der Waals surface area contributed by atoms with Gasteiger partial charge in [0.1, 0.15) is 0 Å². The lowest BCUT2D eigenvalue weighted by molar-refractivity contribution is 0.0746. The van der Waals surface area contributed by atoms with Gasteiger partial charge in [0, 0.05) is 38.1 Å². The van der Waals surface area contributed by atoms with Gasteiger partial charge in [0.15, 0.2) is 0 Å². The molecular weight excluding hydrogens is 342 g/mol. The Labute approximate surface area is 157 Å². The lowest BCUT2D eigenvalue weighted by Crippen LogP contribution is -2.48. The topological polar surface area (TPSA) is 36.4 Å². The van der Waals surface area contributed by atoms with Crippen LogP contribution in [0.15, 0.2) is 60.1 Å². The summed E-state index contributed by atoms with van der Waals surface area (Å²) >= 11 is 1.65. The molecule has 0 saturated carbocycles. The molecule has 3 heterocycles. The van der Waals surface area contributed by atoms with E-state index in [9.17, 15) is 4.79 Å². The first-order valence-electron chi connectivity index (χ1n) is 8.81. The van der Waals surface area contributed by atoms with Crippen LogP contribution in [0.4, 0.5) is 5.69 Å². The van der Waals surface area contributed by atoms with Crippen LogP contribution < -0.4 is 4.90 Å². The first-order chi connectivity index (χ1) is 12.7. The van der Waals surface area contributed by atoms with Crippen molar-refractivity contribution in [1.82, 2.24) is 9.88 Å². The highest BCUT2D eigenvalue weighted by molar-refractivity contribution is 7.13. The minimum Gasteiger partial charge on any atom is -0.368 e. The number of anilines is 1. The fraction of sp³-hybridized carbons (Fsp3) is 0.238. The molecule has 1 aliphatic rings. The van der Waals surface area contributed by atoms with E-state index < -0.39 is 0 Å². The molecule has 1 aromatic carbocycles. The number of carbonyl (C=O) groups excluding carboxylic acids is 1. The largest absolute Gasteiger partial charge is 0.368 e. The maximum Gasteiger partial charge on any atom is 0.255 e. The van der Waals surface area contributed by atoms with Gasteiger partial charge >= 0.3 is 0 Å². The summed E-state index contributed by atoms with van der Waals surface area (Å²) in [5.74, 6) is 0.0686. The number of thiophene rings is 1. The predicted molar refractivity (Wildman–Crippen MR) is 107 cm³/mol. The van der Waals surface area contributed by atoms with Crippen molar-refractivity contribution in [3.05, 3.63) is 71.2 Å². The van der Waals surface area contributed by atoms with Gasteiger partial charge in [0.05, 0.1) is 16.1 Å². The van der Waals surface area contributed by atoms with E-state index in [1.165, 1.54) is 11.3 Å². The molecule has 1 saturated heterocycles. The van der Waals surface area contributed by atoms with Crippen molar-refractivity contribution in [1.29, 1.82) is 0 Å². The first kappa shape index (κ1) is 16.8. The minimum absolute atomic E-state index is 0.0686. The summed E-state index contributed by atoms with van der Waals surface area (Å²) in [6.45, 7) is 5.29. The average Bonchev–Trinajstić information content (AvgIpc) is 3.23. The van der Waals surface area contributed by atoms with Crippen LogP contribution in [0.2, 0.25) is 0 Å². The molecular formula is C21H21N3OS. The number of aryl methyl sites for hydroxylation is 1. The summed E-state index contributed by atoms with van der Waals surface area (Å²) < 4.78 is 0. The van der Waals surface area contributed by atoms with Crippen LogP contribution in [0.25, 0.3) is 10.6 Å². The van der Waals surface area contributed by atoms with Gasteiger partial charge in [0.25, 0.3) is 5.91 Å². The standard InChI is InChI=1S/C21H21N3OS/c1-16-4-2-5-18(14-16)23-9-11-24(12-10-23)21(25)17-7-8-19(22-15-17)20-6-3-13-26-20/h2-8,13-15H,9-12H2,1H3. The molecule has 26 heavy (non-hydrogen) atoms. The summed E-state index contributed by atoms with van der Waals surface area (Å²) in [6, 6.07) is 16.4. The van der Waals surface area contributed by atoms with Gasteiger partial charge in [-0.2, -0.15) is 0 Å². The van der Waals surface area contributed by atoms with Crippen molar-refractivity contribution in [3.8, 4) is 10.6 Å². The number of piperazine rings is 1. The van der Waals surface area contributed by atoms with E-state index in [0.29, 0.717) is 5.56 Å². The molecule has 1 fully saturated rings. The second kappa shape index (κ2) is 7.30. The molecule has 0 unspecified atom stereocenters. The van der Waals surface area contributed by atoms with Crippen LogP contribution in [-0.4, -0.2) is 42.0 Å². The number of rotatable bonds is 3. The molecule has 1 amide bonds. The van der Waals surface area contributed by atoms with Crippen LogP contribution in [0, 0.1) is 6.92 Å². The van der Waals surface area contributed by atoms with Gasteiger partial charge in [-0.25, -0.2) is 0 Å². The van der Waals surface area contributed by atoms with Gasteiger partial charge in [-0.1, -0.05) is 18.2 Å². The molecule has 0 radical (unpaired) electrons. The van der Waals surface area contributed by atoms with Crippen molar-refractivity contribution in [2.75, 3.05) is 31.1 Å². The Bertz CT molecular complexity index is 882. The number of pyridine rings is 1. The highest BCUT2D eigenvalue weighted by Gasteiger charge is 2.22. The summed E-state index contributed by atoms with van der Waals surface area (Å²) in [5.41, 5.74) is 4.08. The quantitative estimate of drug-likeness (QED) is 0.703. The van der Waals surface area contributed by atoms with Crippen molar-refractivity contribution >= 4 is 22.9 Å². The third kappa shape index (κ3) is 3.48. The molecule has 3 aromatic rings. The SMILES string of the molecule is Cc1cccc(N2CCN(C(=O)c3ccc(-c4cccs4)nc3)CC2)c1. The highest BCUT2D eigenvalue weighted by atomic mass is 32.1. The second-order valence-electron chi connectivity index (χ2n) is 6.53. The summed E-state index contributed by atoms with van der Waals surface area (Å²) in [4.78, 5) is 22.6.